The molecular formula is C20H18N6O4. The Bertz CT molecular complexity index is 1250. The van der Waals surface area contributed by atoms with E-state index in [0.717, 1.165) is 28.1 Å². The van der Waals surface area contributed by atoms with Crippen LogP contribution in [-0.2, 0) is 11.3 Å². The third-order valence-electron chi connectivity index (χ3n) is 4.55. The Hall–Kier alpha value is -4.26. The predicted octanol–water partition coefficient (Wildman–Crippen LogP) is 2.38. The highest BCUT2D eigenvalue weighted by atomic mass is 16.6. The molecule has 0 bridgehead atoms. The van der Waals surface area contributed by atoms with Crippen molar-refractivity contribution in [3.8, 4) is 11.8 Å². The van der Waals surface area contributed by atoms with Crippen molar-refractivity contribution in [2.24, 2.45) is 0 Å². The van der Waals surface area contributed by atoms with Gasteiger partial charge in [-0.15, -0.1) is 0 Å². The van der Waals surface area contributed by atoms with Crippen LogP contribution in [0.25, 0.3) is 5.69 Å². The highest BCUT2D eigenvalue weighted by Crippen LogP contribution is 2.23. The summed E-state index contributed by atoms with van der Waals surface area (Å²) in [5.41, 5.74) is 2.05. The fourth-order valence-corrected chi connectivity index (χ4v) is 3.01. The molecular weight excluding hydrogens is 388 g/mol. The number of hydrogen-bond donors (Lipinski definition) is 1. The largest absolute Gasteiger partial charge is 0.321 e. The van der Waals surface area contributed by atoms with Gasteiger partial charge in [0, 0.05) is 6.07 Å². The number of nitrogens with zero attached hydrogens (tertiary/aromatic N) is 5. The molecule has 0 aliphatic rings. The summed E-state index contributed by atoms with van der Waals surface area (Å²) in [6.07, 6.45) is 0.943. The normalized spacial score (nSPS) is 10.5. The zero-order chi connectivity index (χ0) is 22.0. The maximum absolute atomic E-state index is 12.5. The van der Waals surface area contributed by atoms with Gasteiger partial charge in [0.15, 0.2) is 0 Å². The Morgan fingerprint density at radius 1 is 1.27 bits per heavy atom. The molecule has 0 saturated carbocycles. The molecule has 152 valence electrons. The van der Waals surface area contributed by atoms with Gasteiger partial charge in [-0.05, 0) is 32.9 Å². The number of carbonyl (C=O) groups excluding carboxylic acids is 1. The van der Waals surface area contributed by atoms with Crippen LogP contribution < -0.4 is 10.9 Å². The molecule has 0 spiro atoms. The van der Waals surface area contributed by atoms with Crippen LogP contribution in [0, 0.1) is 42.2 Å². The van der Waals surface area contributed by atoms with Crippen molar-refractivity contribution in [1.82, 2.24) is 14.3 Å². The summed E-state index contributed by atoms with van der Waals surface area (Å²) in [5, 5.41) is 27.2. The van der Waals surface area contributed by atoms with Crippen LogP contribution in [0.2, 0.25) is 0 Å². The van der Waals surface area contributed by atoms with Crippen LogP contribution in [0.15, 0.2) is 41.3 Å². The molecule has 0 fully saturated rings. The van der Waals surface area contributed by atoms with Crippen molar-refractivity contribution in [3.63, 3.8) is 0 Å². The number of carbonyl (C=O) groups is 1. The van der Waals surface area contributed by atoms with Gasteiger partial charge in [-0.3, -0.25) is 24.3 Å². The number of amides is 1. The second kappa shape index (κ2) is 8.00. The minimum absolute atomic E-state index is 0.406. The van der Waals surface area contributed by atoms with E-state index in [1.165, 1.54) is 0 Å². The van der Waals surface area contributed by atoms with E-state index in [1.807, 2.05) is 31.2 Å². The van der Waals surface area contributed by atoms with E-state index in [1.54, 1.807) is 24.6 Å². The molecule has 0 saturated heterocycles. The lowest BCUT2D eigenvalue weighted by atomic mass is 10.2. The molecule has 0 radical (unpaired) electrons. The van der Waals surface area contributed by atoms with Gasteiger partial charge in [-0.25, -0.2) is 4.68 Å². The van der Waals surface area contributed by atoms with E-state index in [-0.39, 0.29) is 0 Å². The van der Waals surface area contributed by atoms with Crippen LogP contribution in [0.1, 0.15) is 22.5 Å². The molecule has 2 heterocycles. The van der Waals surface area contributed by atoms with Crippen molar-refractivity contribution in [2.45, 2.75) is 27.3 Å². The highest BCUT2D eigenvalue weighted by molar-refractivity contribution is 5.91. The smallest absolute Gasteiger partial charge is 0.287 e. The minimum atomic E-state index is -0.776. The standard InChI is InChI=1S/C20H18N6O4/c1-12-4-6-16(7-5-12)25-14(3)19(13(2)23-25)22-18(27)11-24-10-17(26(29)30)8-15(9-21)20(24)28/h4-8,10H,11H2,1-3H3,(H,22,27). The number of benzene rings is 1. The monoisotopic (exact) mass is 406 g/mol. The van der Waals surface area contributed by atoms with E-state index in [4.69, 9.17) is 5.26 Å². The zero-order valence-electron chi connectivity index (χ0n) is 16.5. The van der Waals surface area contributed by atoms with Crippen molar-refractivity contribution in [2.75, 3.05) is 5.32 Å². The lowest BCUT2D eigenvalue weighted by molar-refractivity contribution is -0.385. The number of anilines is 1. The van der Waals surface area contributed by atoms with Crippen LogP contribution in [0.5, 0.6) is 0 Å². The average molecular weight is 406 g/mol. The minimum Gasteiger partial charge on any atom is -0.321 e. The summed E-state index contributed by atoms with van der Waals surface area (Å²) < 4.78 is 2.54. The second-order valence-electron chi connectivity index (χ2n) is 6.76. The average Bonchev–Trinajstić information content (AvgIpc) is 2.98. The van der Waals surface area contributed by atoms with E-state index in [9.17, 15) is 19.7 Å². The molecule has 10 heteroatoms. The Morgan fingerprint density at radius 3 is 2.53 bits per heavy atom. The summed E-state index contributed by atoms with van der Waals surface area (Å²) in [4.78, 5) is 35.1. The topological polar surface area (TPSA) is 136 Å². The number of aromatic nitrogens is 3. The molecule has 30 heavy (non-hydrogen) atoms. The van der Waals surface area contributed by atoms with E-state index < -0.39 is 34.2 Å². The first-order valence-electron chi connectivity index (χ1n) is 8.93. The van der Waals surface area contributed by atoms with Crippen LogP contribution in [0.4, 0.5) is 11.4 Å². The van der Waals surface area contributed by atoms with E-state index >= 15 is 0 Å². The van der Waals surface area contributed by atoms with Crippen LogP contribution in [-0.4, -0.2) is 25.2 Å². The third kappa shape index (κ3) is 3.95. The van der Waals surface area contributed by atoms with E-state index in [0.29, 0.717) is 17.1 Å². The summed E-state index contributed by atoms with van der Waals surface area (Å²) in [7, 11) is 0. The maximum atomic E-state index is 12.5. The lowest BCUT2D eigenvalue weighted by Crippen LogP contribution is -2.29. The number of rotatable bonds is 5. The summed E-state index contributed by atoms with van der Waals surface area (Å²) in [5.74, 6) is -0.573. The summed E-state index contributed by atoms with van der Waals surface area (Å²) >= 11 is 0. The molecule has 0 aliphatic carbocycles. The molecule has 3 aromatic rings. The molecule has 1 N–H and O–H groups in total. The van der Waals surface area contributed by atoms with E-state index in [2.05, 4.69) is 10.4 Å². The number of nitro groups is 1. The fourth-order valence-electron chi connectivity index (χ4n) is 3.01. The number of nitriles is 1. The van der Waals surface area contributed by atoms with Gasteiger partial charge in [0.2, 0.25) is 5.91 Å². The molecule has 0 atom stereocenters. The highest BCUT2D eigenvalue weighted by Gasteiger charge is 2.18. The summed E-state index contributed by atoms with van der Waals surface area (Å²) in [6, 6.07) is 10.2. The third-order valence-corrected chi connectivity index (χ3v) is 4.55. The number of nitrogens with one attached hydrogen (secondary N) is 1. The first kappa shape index (κ1) is 20.5. The maximum Gasteiger partial charge on any atom is 0.287 e. The molecule has 1 aromatic carbocycles. The quantitative estimate of drug-likeness (QED) is 0.510. The predicted molar refractivity (Wildman–Crippen MR) is 108 cm³/mol. The second-order valence-corrected chi connectivity index (χ2v) is 6.76. The molecule has 3 rings (SSSR count). The van der Waals surface area contributed by atoms with Crippen molar-refractivity contribution in [1.29, 1.82) is 5.26 Å². The first-order chi connectivity index (χ1) is 14.2. The Morgan fingerprint density at radius 2 is 1.93 bits per heavy atom. The Labute approximate surface area is 171 Å². The molecule has 0 aliphatic heterocycles. The Balaban J connectivity index is 1.88. The number of hydrogen-bond acceptors (Lipinski definition) is 6. The van der Waals surface area contributed by atoms with Gasteiger partial charge in [-0.2, -0.15) is 10.4 Å². The van der Waals surface area contributed by atoms with Gasteiger partial charge < -0.3 is 5.32 Å². The van der Waals surface area contributed by atoms with Crippen LogP contribution in [0.3, 0.4) is 0 Å². The van der Waals surface area contributed by atoms with Gasteiger partial charge in [-0.1, -0.05) is 17.7 Å². The summed E-state index contributed by atoms with van der Waals surface area (Å²) in [6.45, 7) is 5.03. The zero-order valence-corrected chi connectivity index (χ0v) is 16.5. The van der Waals surface area contributed by atoms with Gasteiger partial charge in [0.1, 0.15) is 18.2 Å². The van der Waals surface area contributed by atoms with Gasteiger partial charge in [0.05, 0.1) is 33.9 Å². The molecule has 1 amide bonds. The number of aryl methyl sites for hydroxylation is 2. The number of pyridine rings is 1. The lowest BCUT2D eigenvalue weighted by Gasteiger charge is -2.09. The SMILES string of the molecule is Cc1ccc(-n2nc(C)c(NC(=O)Cn3cc([N+](=O)[O-])cc(C#N)c3=O)c2C)cc1. The molecule has 0 unspecified atom stereocenters. The van der Waals surface area contributed by atoms with Gasteiger partial charge >= 0.3 is 0 Å². The molecule has 10 nitrogen and oxygen atoms in total. The molecule has 2 aromatic heterocycles. The van der Waals surface area contributed by atoms with Crippen molar-refractivity contribution < 1.29 is 9.72 Å². The van der Waals surface area contributed by atoms with Crippen molar-refractivity contribution in [3.05, 3.63) is 79.5 Å². The fraction of sp³-hybridized carbons (Fsp3) is 0.200. The van der Waals surface area contributed by atoms with Crippen molar-refractivity contribution >= 4 is 17.3 Å². The Kier molecular flexibility index (Phi) is 5.46. The van der Waals surface area contributed by atoms with Gasteiger partial charge in [0.25, 0.3) is 11.2 Å². The van der Waals surface area contributed by atoms with Crippen LogP contribution >= 0.6 is 0 Å². The first-order valence-corrected chi connectivity index (χ1v) is 8.93.